The van der Waals surface area contributed by atoms with Crippen molar-refractivity contribution in [2.24, 2.45) is 0 Å². The van der Waals surface area contributed by atoms with Crippen LogP contribution in [0.4, 0.5) is 9.59 Å². The van der Waals surface area contributed by atoms with E-state index in [2.05, 4.69) is 0 Å². The first kappa shape index (κ1) is 18.9. The van der Waals surface area contributed by atoms with Crippen molar-refractivity contribution in [1.29, 1.82) is 0 Å². The summed E-state index contributed by atoms with van der Waals surface area (Å²) >= 11 is 0. The Labute approximate surface area is 145 Å². The third-order valence-corrected chi connectivity index (χ3v) is 4.30. The van der Waals surface area contributed by atoms with E-state index in [0.717, 1.165) is 25.7 Å². The Hall–Kier alpha value is -1.46. The van der Waals surface area contributed by atoms with Gasteiger partial charge in [0.1, 0.15) is 11.2 Å². The number of amides is 2. The smallest absolute Gasteiger partial charge is 0.410 e. The van der Waals surface area contributed by atoms with Crippen molar-refractivity contribution >= 4 is 12.2 Å². The van der Waals surface area contributed by atoms with Crippen molar-refractivity contribution in [2.45, 2.75) is 90.5 Å². The topological polar surface area (TPSA) is 59.1 Å². The molecule has 0 radical (unpaired) electrons. The molecule has 0 aromatic heterocycles. The van der Waals surface area contributed by atoms with Gasteiger partial charge in [-0.05, 0) is 67.2 Å². The second kappa shape index (κ2) is 6.81. The Morgan fingerprint density at radius 1 is 0.750 bits per heavy atom. The molecule has 24 heavy (non-hydrogen) atoms. The van der Waals surface area contributed by atoms with E-state index >= 15 is 0 Å². The monoisotopic (exact) mass is 340 g/mol. The molecule has 6 heteroatoms. The maximum Gasteiger partial charge on any atom is 0.410 e. The highest BCUT2D eigenvalue weighted by molar-refractivity contribution is 5.71. The molecule has 138 valence electrons. The van der Waals surface area contributed by atoms with E-state index in [1.54, 1.807) is 9.80 Å². The number of carbonyl (C=O) groups excluding carboxylic acids is 2. The van der Waals surface area contributed by atoms with E-state index in [-0.39, 0.29) is 24.3 Å². The lowest BCUT2D eigenvalue weighted by Crippen LogP contribution is -2.51. The number of hydrogen-bond donors (Lipinski definition) is 0. The van der Waals surface area contributed by atoms with Crippen LogP contribution in [0.3, 0.4) is 0 Å². The van der Waals surface area contributed by atoms with Crippen molar-refractivity contribution in [1.82, 2.24) is 9.80 Å². The summed E-state index contributed by atoms with van der Waals surface area (Å²) in [5.74, 6) is 0. The molecule has 0 spiro atoms. The lowest BCUT2D eigenvalue weighted by molar-refractivity contribution is 0.00230. The fourth-order valence-corrected chi connectivity index (χ4v) is 3.48. The average Bonchev–Trinajstić information content (AvgIpc) is 3.03. The van der Waals surface area contributed by atoms with Crippen LogP contribution in [0.15, 0.2) is 0 Å². The minimum Gasteiger partial charge on any atom is -0.444 e. The van der Waals surface area contributed by atoms with Gasteiger partial charge in [0, 0.05) is 13.1 Å². The lowest BCUT2D eigenvalue weighted by Gasteiger charge is -2.36. The van der Waals surface area contributed by atoms with Gasteiger partial charge < -0.3 is 19.3 Å². The Morgan fingerprint density at radius 3 is 1.38 bits per heavy atom. The van der Waals surface area contributed by atoms with Crippen molar-refractivity contribution < 1.29 is 19.1 Å². The van der Waals surface area contributed by atoms with Crippen LogP contribution in [-0.4, -0.2) is 58.4 Å². The lowest BCUT2D eigenvalue weighted by atomic mass is 10.0. The molecular formula is C18H32N2O4. The Kier molecular flexibility index (Phi) is 5.35. The van der Waals surface area contributed by atoms with Crippen LogP contribution in [0.5, 0.6) is 0 Å². The van der Waals surface area contributed by atoms with Gasteiger partial charge in [-0.2, -0.15) is 0 Å². The molecule has 0 aromatic carbocycles. The summed E-state index contributed by atoms with van der Waals surface area (Å²) in [4.78, 5) is 28.6. The maximum atomic E-state index is 12.5. The number of hydrogen-bond acceptors (Lipinski definition) is 4. The molecule has 2 unspecified atom stereocenters. The standard InChI is InChI=1S/C18H32N2O4/c1-17(2,3)23-15(21)19-11-7-9-13(19)14-10-8-12-20(14)16(22)24-18(4,5)6/h13-14H,7-12H2,1-6H3. The van der Waals surface area contributed by atoms with Crippen LogP contribution in [0.2, 0.25) is 0 Å². The van der Waals surface area contributed by atoms with Gasteiger partial charge in [-0.25, -0.2) is 9.59 Å². The number of carbonyl (C=O) groups is 2. The minimum absolute atomic E-state index is 0.0230. The fourth-order valence-electron chi connectivity index (χ4n) is 3.48. The summed E-state index contributed by atoms with van der Waals surface area (Å²) in [6.07, 6.45) is 3.15. The van der Waals surface area contributed by atoms with Gasteiger partial charge in [0.25, 0.3) is 0 Å². The van der Waals surface area contributed by atoms with E-state index in [0.29, 0.717) is 13.1 Å². The second-order valence-corrected chi connectivity index (χ2v) is 8.77. The molecule has 2 fully saturated rings. The number of rotatable bonds is 1. The summed E-state index contributed by atoms with van der Waals surface area (Å²) in [6.45, 7) is 12.6. The zero-order chi connectivity index (χ0) is 18.1. The zero-order valence-electron chi connectivity index (χ0n) is 15.9. The van der Waals surface area contributed by atoms with Gasteiger partial charge in [-0.1, -0.05) is 0 Å². The van der Waals surface area contributed by atoms with Crippen LogP contribution in [0, 0.1) is 0 Å². The molecule has 0 N–H and O–H groups in total. The Bertz CT molecular complexity index is 434. The SMILES string of the molecule is CC(C)(C)OC(=O)N1CCCC1C1CCCN1C(=O)OC(C)(C)C. The largest absolute Gasteiger partial charge is 0.444 e. The highest BCUT2D eigenvalue weighted by atomic mass is 16.6. The van der Waals surface area contributed by atoms with E-state index in [1.807, 2.05) is 41.5 Å². The van der Waals surface area contributed by atoms with E-state index < -0.39 is 11.2 Å². The predicted molar refractivity (Wildman–Crippen MR) is 91.9 cm³/mol. The maximum absolute atomic E-state index is 12.5. The zero-order valence-corrected chi connectivity index (χ0v) is 15.9. The molecule has 2 saturated heterocycles. The summed E-state index contributed by atoms with van der Waals surface area (Å²) < 4.78 is 11.1. The number of ether oxygens (including phenoxy) is 2. The Balaban J connectivity index is 2.07. The fraction of sp³-hybridized carbons (Fsp3) is 0.889. The first-order valence-corrected chi connectivity index (χ1v) is 8.97. The van der Waals surface area contributed by atoms with Crippen LogP contribution in [-0.2, 0) is 9.47 Å². The molecule has 2 aliphatic heterocycles. The molecule has 2 heterocycles. The third-order valence-electron chi connectivity index (χ3n) is 4.30. The highest BCUT2D eigenvalue weighted by Gasteiger charge is 2.43. The molecule has 2 amide bonds. The van der Waals surface area contributed by atoms with E-state index in [9.17, 15) is 9.59 Å². The summed E-state index contributed by atoms with van der Waals surface area (Å²) in [5.41, 5.74) is -1.02. The van der Waals surface area contributed by atoms with Gasteiger partial charge in [-0.15, -0.1) is 0 Å². The van der Waals surface area contributed by atoms with Gasteiger partial charge in [0.05, 0.1) is 12.1 Å². The highest BCUT2D eigenvalue weighted by Crippen LogP contribution is 2.32. The second-order valence-electron chi connectivity index (χ2n) is 8.77. The van der Waals surface area contributed by atoms with Crippen molar-refractivity contribution in [3.63, 3.8) is 0 Å². The molecule has 2 rings (SSSR count). The minimum atomic E-state index is -0.509. The van der Waals surface area contributed by atoms with Gasteiger partial charge >= 0.3 is 12.2 Å². The van der Waals surface area contributed by atoms with Crippen molar-refractivity contribution in [2.75, 3.05) is 13.1 Å². The van der Waals surface area contributed by atoms with Gasteiger partial charge in [0.2, 0.25) is 0 Å². The van der Waals surface area contributed by atoms with Crippen molar-refractivity contribution in [3.05, 3.63) is 0 Å². The van der Waals surface area contributed by atoms with Gasteiger partial charge in [0.15, 0.2) is 0 Å². The first-order chi connectivity index (χ1) is 11.0. The van der Waals surface area contributed by atoms with Gasteiger partial charge in [-0.3, -0.25) is 0 Å². The van der Waals surface area contributed by atoms with E-state index in [4.69, 9.17) is 9.47 Å². The first-order valence-electron chi connectivity index (χ1n) is 8.97. The summed E-state index contributed by atoms with van der Waals surface area (Å²) in [5, 5.41) is 0. The van der Waals surface area contributed by atoms with Crippen LogP contribution < -0.4 is 0 Å². The molecule has 0 aromatic rings. The average molecular weight is 340 g/mol. The van der Waals surface area contributed by atoms with Crippen LogP contribution in [0.1, 0.15) is 67.2 Å². The summed E-state index contributed by atoms with van der Waals surface area (Å²) in [7, 11) is 0. The molecular weight excluding hydrogens is 308 g/mol. The molecule has 0 bridgehead atoms. The van der Waals surface area contributed by atoms with Crippen LogP contribution >= 0.6 is 0 Å². The molecule has 0 saturated carbocycles. The Morgan fingerprint density at radius 2 is 1.08 bits per heavy atom. The molecule has 2 atom stereocenters. The predicted octanol–water partition coefficient (Wildman–Crippen LogP) is 3.79. The number of nitrogens with zero attached hydrogens (tertiary/aromatic N) is 2. The van der Waals surface area contributed by atoms with Crippen molar-refractivity contribution in [3.8, 4) is 0 Å². The quantitative estimate of drug-likeness (QED) is 0.729. The number of likely N-dealkylation sites (tertiary alicyclic amines) is 2. The molecule has 6 nitrogen and oxygen atoms in total. The normalized spacial score (nSPS) is 25.1. The molecule has 2 aliphatic rings. The summed E-state index contributed by atoms with van der Waals surface area (Å²) in [6, 6.07) is 0.0461. The van der Waals surface area contributed by atoms with E-state index in [1.165, 1.54) is 0 Å². The van der Waals surface area contributed by atoms with Crippen LogP contribution in [0.25, 0.3) is 0 Å². The third kappa shape index (κ3) is 4.77. The molecule has 0 aliphatic carbocycles.